The molecule has 0 aromatic rings. The van der Waals surface area contributed by atoms with Crippen molar-refractivity contribution in [2.75, 3.05) is 25.1 Å². The average molecular weight is 315 g/mol. The van der Waals surface area contributed by atoms with Crippen molar-refractivity contribution < 1.29 is 0 Å². The van der Waals surface area contributed by atoms with Gasteiger partial charge in [-0.15, -0.1) is 0 Å². The van der Waals surface area contributed by atoms with Gasteiger partial charge in [0.15, 0.2) is 0 Å². The first kappa shape index (κ1) is 20.9. The highest BCUT2D eigenvalue weighted by molar-refractivity contribution is 7.98. The summed E-state index contributed by atoms with van der Waals surface area (Å²) < 4.78 is 0. The molecule has 0 atom stereocenters. The third kappa shape index (κ3) is 19.9. The van der Waals surface area contributed by atoms with Crippen LogP contribution in [-0.2, 0) is 0 Å². The van der Waals surface area contributed by atoms with Crippen LogP contribution in [0.1, 0.15) is 90.4 Å². The molecule has 0 radical (unpaired) electrons. The molecule has 0 aliphatic carbocycles. The standard InChI is InChI=1S/C18H38N2S/c1-3-4-5-6-7-8-9-10-11-12-13-14-15-16-19-20-17-18-21-2/h3-18H2,1-2H3/b20-19+. The molecule has 0 heterocycles. The Morgan fingerprint density at radius 3 is 1.48 bits per heavy atom. The summed E-state index contributed by atoms with van der Waals surface area (Å²) in [5.74, 6) is 1.10. The molecule has 0 unspecified atom stereocenters. The Kier molecular flexibility index (Phi) is 19.9. The molecule has 126 valence electrons. The van der Waals surface area contributed by atoms with E-state index in [2.05, 4.69) is 23.4 Å². The summed E-state index contributed by atoms with van der Waals surface area (Å²) in [4.78, 5) is 0. The highest BCUT2D eigenvalue weighted by Gasteiger charge is 1.93. The quantitative estimate of drug-likeness (QED) is 0.212. The maximum atomic E-state index is 4.21. The van der Waals surface area contributed by atoms with Gasteiger partial charge in [-0.05, 0) is 12.7 Å². The van der Waals surface area contributed by atoms with E-state index in [0.29, 0.717) is 0 Å². The monoisotopic (exact) mass is 314 g/mol. The molecule has 3 heteroatoms. The van der Waals surface area contributed by atoms with Crippen molar-refractivity contribution >= 4 is 11.8 Å². The molecule has 0 rings (SSSR count). The Hall–Kier alpha value is -0.0500. The molecular weight excluding hydrogens is 276 g/mol. The van der Waals surface area contributed by atoms with Crippen molar-refractivity contribution in [3.8, 4) is 0 Å². The third-order valence-corrected chi connectivity index (χ3v) is 4.45. The van der Waals surface area contributed by atoms with Crippen LogP contribution in [-0.4, -0.2) is 25.1 Å². The zero-order valence-electron chi connectivity index (χ0n) is 14.6. The summed E-state index contributed by atoms with van der Waals surface area (Å²) in [5.41, 5.74) is 0. The molecule has 0 saturated carbocycles. The van der Waals surface area contributed by atoms with Crippen molar-refractivity contribution in [3.63, 3.8) is 0 Å². The summed E-state index contributed by atoms with van der Waals surface area (Å²) in [6.07, 6.45) is 20.4. The Morgan fingerprint density at radius 1 is 0.571 bits per heavy atom. The molecule has 0 aliphatic rings. The van der Waals surface area contributed by atoms with Gasteiger partial charge < -0.3 is 0 Å². The van der Waals surface area contributed by atoms with Crippen molar-refractivity contribution in [2.45, 2.75) is 90.4 Å². The molecule has 0 fully saturated rings. The fraction of sp³-hybridized carbons (Fsp3) is 1.00. The van der Waals surface area contributed by atoms with Gasteiger partial charge in [0.1, 0.15) is 0 Å². The Labute approximate surface area is 138 Å². The van der Waals surface area contributed by atoms with Gasteiger partial charge in [-0.2, -0.15) is 22.0 Å². The van der Waals surface area contributed by atoms with Gasteiger partial charge in [0.05, 0.1) is 13.1 Å². The number of hydrogen-bond acceptors (Lipinski definition) is 3. The topological polar surface area (TPSA) is 24.7 Å². The van der Waals surface area contributed by atoms with Crippen molar-refractivity contribution in [1.29, 1.82) is 0 Å². The zero-order valence-corrected chi connectivity index (χ0v) is 15.4. The van der Waals surface area contributed by atoms with Crippen molar-refractivity contribution in [1.82, 2.24) is 0 Å². The molecule has 0 aromatic heterocycles. The van der Waals surface area contributed by atoms with Gasteiger partial charge in [-0.25, -0.2) is 0 Å². The molecule has 21 heavy (non-hydrogen) atoms. The Bertz CT molecular complexity index is 207. The van der Waals surface area contributed by atoms with E-state index >= 15 is 0 Å². The molecule has 0 aromatic carbocycles. The number of nitrogens with zero attached hydrogens (tertiary/aromatic N) is 2. The summed E-state index contributed by atoms with van der Waals surface area (Å²) >= 11 is 1.84. The van der Waals surface area contributed by atoms with Crippen LogP contribution in [0.4, 0.5) is 0 Å². The van der Waals surface area contributed by atoms with Crippen LogP contribution < -0.4 is 0 Å². The predicted octanol–water partition coefficient (Wildman–Crippen LogP) is 6.89. The van der Waals surface area contributed by atoms with Gasteiger partial charge in [0.2, 0.25) is 0 Å². The fourth-order valence-electron chi connectivity index (χ4n) is 2.47. The van der Waals surface area contributed by atoms with Crippen LogP contribution in [0.15, 0.2) is 10.2 Å². The highest BCUT2D eigenvalue weighted by Crippen LogP contribution is 2.12. The molecule has 0 amide bonds. The number of unbranched alkanes of at least 4 members (excludes halogenated alkanes) is 12. The van der Waals surface area contributed by atoms with Crippen LogP contribution in [0.5, 0.6) is 0 Å². The first-order valence-electron chi connectivity index (χ1n) is 9.24. The molecule has 2 nitrogen and oxygen atoms in total. The summed E-state index contributed by atoms with van der Waals surface area (Å²) in [5, 5.41) is 8.37. The Morgan fingerprint density at radius 2 is 1.00 bits per heavy atom. The van der Waals surface area contributed by atoms with Crippen LogP contribution in [0.2, 0.25) is 0 Å². The first-order chi connectivity index (χ1) is 10.4. The van der Waals surface area contributed by atoms with Gasteiger partial charge in [-0.3, -0.25) is 0 Å². The minimum absolute atomic E-state index is 0.889. The lowest BCUT2D eigenvalue weighted by Crippen LogP contribution is -1.86. The number of azo groups is 1. The van der Waals surface area contributed by atoms with E-state index in [1.54, 1.807) is 0 Å². The minimum atomic E-state index is 0.889. The van der Waals surface area contributed by atoms with Gasteiger partial charge >= 0.3 is 0 Å². The normalized spacial score (nSPS) is 11.5. The predicted molar refractivity (Wildman–Crippen MR) is 98.7 cm³/mol. The smallest absolute Gasteiger partial charge is 0.0689 e. The van der Waals surface area contributed by atoms with Crippen molar-refractivity contribution in [2.24, 2.45) is 10.2 Å². The zero-order chi connectivity index (χ0) is 15.4. The van der Waals surface area contributed by atoms with E-state index in [0.717, 1.165) is 18.8 Å². The molecule has 0 N–H and O–H groups in total. The first-order valence-corrected chi connectivity index (χ1v) is 10.6. The lowest BCUT2D eigenvalue weighted by Gasteiger charge is -2.02. The third-order valence-electron chi connectivity index (χ3n) is 3.86. The highest BCUT2D eigenvalue weighted by atomic mass is 32.2. The Balaban J connectivity index is 2.98. The summed E-state index contributed by atoms with van der Waals surface area (Å²) in [6, 6.07) is 0. The van der Waals surface area contributed by atoms with E-state index < -0.39 is 0 Å². The van der Waals surface area contributed by atoms with Crippen molar-refractivity contribution in [3.05, 3.63) is 0 Å². The number of rotatable bonds is 17. The lowest BCUT2D eigenvalue weighted by atomic mass is 10.0. The number of thioether (sulfide) groups is 1. The molecular formula is C18H38N2S. The van der Waals surface area contributed by atoms with Gasteiger partial charge in [0, 0.05) is 5.75 Å². The largest absolute Gasteiger partial charge is 0.194 e. The number of hydrogen-bond donors (Lipinski definition) is 0. The second-order valence-corrected chi connectivity index (χ2v) is 6.95. The van der Waals surface area contributed by atoms with Crippen LogP contribution in [0.25, 0.3) is 0 Å². The molecule has 0 spiro atoms. The maximum absolute atomic E-state index is 4.21. The molecule has 0 saturated heterocycles. The van der Waals surface area contributed by atoms with E-state index in [9.17, 15) is 0 Å². The van der Waals surface area contributed by atoms with Crippen LogP contribution in [0, 0.1) is 0 Å². The van der Waals surface area contributed by atoms with Crippen LogP contribution >= 0.6 is 11.8 Å². The summed E-state index contributed by atoms with van der Waals surface area (Å²) in [7, 11) is 0. The second kappa shape index (κ2) is 19.9. The second-order valence-electron chi connectivity index (χ2n) is 5.97. The lowest BCUT2D eigenvalue weighted by molar-refractivity contribution is 0.539. The van der Waals surface area contributed by atoms with E-state index in [1.165, 1.54) is 83.5 Å². The van der Waals surface area contributed by atoms with E-state index in [4.69, 9.17) is 0 Å². The van der Waals surface area contributed by atoms with Gasteiger partial charge in [-0.1, -0.05) is 84.0 Å². The summed E-state index contributed by atoms with van der Waals surface area (Å²) in [6.45, 7) is 4.11. The fourth-order valence-corrected chi connectivity index (χ4v) is 2.74. The molecule has 0 aliphatic heterocycles. The van der Waals surface area contributed by atoms with Gasteiger partial charge in [0.25, 0.3) is 0 Å². The van der Waals surface area contributed by atoms with E-state index in [-0.39, 0.29) is 0 Å². The average Bonchev–Trinajstić information content (AvgIpc) is 2.50. The van der Waals surface area contributed by atoms with E-state index in [1.807, 2.05) is 11.8 Å². The SMILES string of the molecule is CCCCCCCCCCCCCCC/N=N/CCSC. The maximum Gasteiger partial charge on any atom is 0.0689 e. The van der Waals surface area contributed by atoms with Crippen LogP contribution in [0.3, 0.4) is 0 Å². The minimum Gasteiger partial charge on any atom is -0.194 e. The molecule has 0 bridgehead atoms.